The SMILES string of the molecule is CC(C)(C)N(C(=O)O)[C@H]1CCN(C(=O)C(c2cccc(C(F)(F)F)c2)C2(O)CCCCC2)C1. The number of halogens is 3. The lowest BCUT2D eigenvalue weighted by atomic mass is 9.72. The number of hydrogen-bond acceptors (Lipinski definition) is 3. The Hall–Kier alpha value is -2.29. The number of hydrogen-bond donors (Lipinski definition) is 2. The summed E-state index contributed by atoms with van der Waals surface area (Å²) in [5.74, 6) is -1.58. The van der Waals surface area contributed by atoms with Gasteiger partial charge in [-0.15, -0.1) is 0 Å². The monoisotopic (exact) mass is 470 g/mol. The first-order valence-corrected chi connectivity index (χ1v) is 11.4. The molecule has 1 unspecified atom stereocenters. The molecule has 33 heavy (non-hydrogen) atoms. The average Bonchev–Trinajstić information content (AvgIpc) is 3.16. The molecule has 1 heterocycles. The Kier molecular flexibility index (Phi) is 7.03. The molecular formula is C24H33F3N2O4. The van der Waals surface area contributed by atoms with E-state index in [1.807, 2.05) is 0 Å². The van der Waals surface area contributed by atoms with Crippen LogP contribution in [0.3, 0.4) is 0 Å². The number of nitrogens with zero attached hydrogens (tertiary/aromatic N) is 2. The molecule has 6 nitrogen and oxygen atoms in total. The molecule has 184 valence electrons. The van der Waals surface area contributed by atoms with Crippen LogP contribution < -0.4 is 0 Å². The minimum Gasteiger partial charge on any atom is -0.465 e. The Balaban J connectivity index is 1.94. The van der Waals surface area contributed by atoms with Crippen LogP contribution in [-0.4, -0.2) is 62.3 Å². The van der Waals surface area contributed by atoms with Gasteiger partial charge in [-0.1, -0.05) is 37.5 Å². The van der Waals surface area contributed by atoms with E-state index in [2.05, 4.69) is 0 Å². The van der Waals surface area contributed by atoms with Crippen LogP contribution in [0.15, 0.2) is 24.3 Å². The van der Waals surface area contributed by atoms with Gasteiger partial charge in [0.2, 0.25) is 5.91 Å². The van der Waals surface area contributed by atoms with Crippen molar-refractivity contribution in [1.82, 2.24) is 9.80 Å². The fraction of sp³-hybridized carbons (Fsp3) is 0.667. The Bertz CT molecular complexity index is 875. The minimum absolute atomic E-state index is 0.147. The van der Waals surface area contributed by atoms with E-state index < -0.39 is 46.8 Å². The molecule has 0 bridgehead atoms. The largest absolute Gasteiger partial charge is 0.465 e. The highest BCUT2D eigenvalue weighted by Gasteiger charge is 2.47. The highest BCUT2D eigenvalue weighted by molar-refractivity contribution is 5.85. The number of likely N-dealkylation sites (tertiary alicyclic amines) is 1. The summed E-state index contributed by atoms with van der Waals surface area (Å²) in [5.41, 5.74) is -2.82. The molecule has 0 spiro atoms. The predicted octanol–water partition coefficient (Wildman–Crippen LogP) is 4.86. The van der Waals surface area contributed by atoms with Crippen LogP contribution in [0.4, 0.5) is 18.0 Å². The molecule has 1 aliphatic heterocycles. The first-order valence-electron chi connectivity index (χ1n) is 11.4. The summed E-state index contributed by atoms with van der Waals surface area (Å²) in [6.07, 6.45) is -2.26. The van der Waals surface area contributed by atoms with Gasteiger partial charge in [0, 0.05) is 18.6 Å². The van der Waals surface area contributed by atoms with Crippen molar-refractivity contribution in [2.75, 3.05) is 13.1 Å². The van der Waals surface area contributed by atoms with Crippen molar-refractivity contribution < 1.29 is 33.0 Å². The number of amides is 2. The van der Waals surface area contributed by atoms with Gasteiger partial charge < -0.3 is 15.1 Å². The van der Waals surface area contributed by atoms with Crippen molar-refractivity contribution in [2.45, 2.75) is 88.6 Å². The molecule has 3 rings (SSSR count). The van der Waals surface area contributed by atoms with E-state index in [-0.39, 0.29) is 18.7 Å². The second kappa shape index (κ2) is 9.16. The third-order valence-electron chi connectivity index (χ3n) is 6.82. The lowest BCUT2D eigenvalue weighted by molar-refractivity contribution is -0.142. The van der Waals surface area contributed by atoms with Gasteiger partial charge in [-0.2, -0.15) is 13.2 Å². The van der Waals surface area contributed by atoms with Crippen molar-refractivity contribution in [1.29, 1.82) is 0 Å². The summed E-state index contributed by atoms with van der Waals surface area (Å²) in [6.45, 7) is 5.77. The van der Waals surface area contributed by atoms with E-state index in [1.165, 1.54) is 21.9 Å². The molecule has 2 amide bonds. The fourth-order valence-corrected chi connectivity index (χ4v) is 5.36. The number of benzene rings is 1. The quantitative estimate of drug-likeness (QED) is 0.658. The Labute approximate surface area is 192 Å². The van der Waals surface area contributed by atoms with Crippen LogP contribution in [0, 0.1) is 0 Å². The highest BCUT2D eigenvalue weighted by Crippen LogP contribution is 2.43. The molecule has 1 saturated heterocycles. The van der Waals surface area contributed by atoms with Gasteiger partial charge >= 0.3 is 12.3 Å². The first-order chi connectivity index (χ1) is 15.2. The van der Waals surface area contributed by atoms with Gasteiger partial charge in [0.1, 0.15) is 0 Å². The van der Waals surface area contributed by atoms with Crippen LogP contribution in [0.1, 0.15) is 76.3 Å². The smallest absolute Gasteiger partial charge is 0.416 e. The van der Waals surface area contributed by atoms with E-state index in [0.29, 0.717) is 32.1 Å². The number of aliphatic hydroxyl groups is 1. The predicted molar refractivity (Wildman–Crippen MR) is 117 cm³/mol. The van der Waals surface area contributed by atoms with Crippen LogP contribution >= 0.6 is 0 Å². The van der Waals surface area contributed by atoms with Crippen LogP contribution in [-0.2, 0) is 11.0 Å². The summed E-state index contributed by atoms with van der Waals surface area (Å²) in [4.78, 5) is 28.4. The highest BCUT2D eigenvalue weighted by atomic mass is 19.4. The summed E-state index contributed by atoms with van der Waals surface area (Å²) < 4.78 is 40.1. The third kappa shape index (κ3) is 5.45. The normalized spacial score (nSPS) is 22.2. The number of carboxylic acid groups (broad SMARTS) is 1. The molecule has 1 saturated carbocycles. The second-order valence-corrected chi connectivity index (χ2v) is 10.3. The molecule has 0 radical (unpaired) electrons. The zero-order valence-corrected chi connectivity index (χ0v) is 19.4. The van der Waals surface area contributed by atoms with Crippen molar-refractivity contribution in [3.63, 3.8) is 0 Å². The number of rotatable bonds is 4. The number of carbonyl (C=O) groups is 2. The van der Waals surface area contributed by atoms with Gasteiger partial charge in [0.15, 0.2) is 0 Å². The van der Waals surface area contributed by atoms with Gasteiger partial charge in [0.25, 0.3) is 0 Å². The average molecular weight is 471 g/mol. The molecule has 9 heteroatoms. The maximum Gasteiger partial charge on any atom is 0.416 e. The van der Waals surface area contributed by atoms with Crippen LogP contribution in [0.2, 0.25) is 0 Å². The van der Waals surface area contributed by atoms with Crippen LogP contribution in [0.5, 0.6) is 0 Å². The first kappa shape index (κ1) is 25.3. The van der Waals surface area contributed by atoms with E-state index >= 15 is 0 Å². The maximum atomic E-state index is 13.7. The summed E-state index contributed by atoms with van der Waals surface area (Å²) in [6, 6.07) is 4.23. The molecule has 1 aromatic rings. The van der Waals surface area contributed by atoms with E-state index in [0.717, 1.165) is 18.6 Å². The Morgan fingerprint density at radius 1 is 1.15 bits per heavy atom. The van der Waals surface area contributed by atoms with Gasteiger partial charge in [0.05, 0.1) is 23.1 Å². The van der Waals surface area contributed by atoms with Gasteiger partial charge in [-0.05, 0) is 51.7 Å². The Morgan fingerprint density at radius 2 is 1.79 bits per heavy atom. The second-order valence-electron chi connectivity index (χ2n) is 10.3. The molecule has 2 N–H and O–H groups in total. The Morgan fingerprint density at radius 3 is 2.33 bits per heavy atom. The third-order valence-corrected chi connectivity index (χ3v) is 6.82. The summed E-state index contributed by atoms with van der Waals surface area (Å²) in [7, 11) is 0. The minimum atomic E-state index is -4.56. The van der Waals surface area contributed by atoms with Gasteiger partial charge in [-0.3, -0.25) is 9.69 Å². The molecule has 0 aromatic heterocycles. The van der Waals surface area contributed by atoms with Crippen LogP contribution in [0.25, 0.3) is 0 Å². The van der Waals surface area contributed by atoms with Crippen molar-refractivity contribution >= 4 is 12.0 Å². The zero-order chi connectivity index (χ0) is 24.6. The van der Waals surface area contributed by atoms with E-state index in [1.54, 1.807) is 20.8 Å². The fourth-order valence-electron chi connectivity index (χ4n) is 5.36. The maximum absolute atomic E-state index is 13.7. The lowest BCUT2D eigenvalue weighted by Crippen LogP contribution is -2.53. The number of alkyl halides is 3. The molecule has 1 aromatic carbocycles. The van der Waals surface area contributed by atoms with Crippen molar-refractivity contribution in [2.24, 2.45) is 0 Å². The molecule has 2 aliphatic rings. The molecular weight excluding hydrogens is 437 g/mol. The van der Waals surface area contributed by atoms with E-state index in [4.69, 9.17) is 0 Å². The summed E-state index contributed by atoms with van der Waals surface area (Å²) >= 11 is 0. The molecule has 2 fully saturated rings. The lowest BCUT2D eigenvalue weighted by Gasteiger charge is -2.41. The summed E-state index contributed by atoms with van der Waals surface area (Å²) in [5, 5.41) is 21.2. The zero-order valence-electron chi connectivity index (χ0n) is 19.4. The van der Waals surface area contributed by atoms with Crippen molar-refractivity contribution in [3.8, 4) is 0 Å². The van der Waals surface area contributed by atoms with Crippen molar-refractivity contribution in [3.05, 3.63) is 35.4 Å². The molecule has 1 aliphatic carbocycles. The topological polar surface area (TPSA) is 81.1 Å². The standard InChI is InChI=1S/C24H33F3N2O4/c1-22(2,3)29(21(31)32)18-10-13-28(15-18)20(30)19(23(33)11-5-4-6-12-23)16-8-7-9-17(14-16)24(25,26)27/h7-9,14,18-19,33H,4-6,10-13,15H2,1-3H3,(H,31,32)/t18-,19?/m0/s1. The number of carbonyl (C=O) groups excluding carboxylic acids is 1. The molecule has 2 atom stereocenters. The van der Waals surface area contributed by atoms with E-state index in [9.17, 15) is 33.0 Å². The van der Waals surface area contributed by atoms with Gasteiger partial charge in [-0.25, -0.2) is 4.79 Å².